The average molecular weight is 547 g/mol. The van der Waals surface area contributed by atoms with Crippen molar-refractivity contribution in [1.82, 2.24) is 10.3 Å². The summed E-state index contributed by atoms with van der Waals surface area (Å²) < 4.78 is 6.36. The predicted octanol–water partition coefficient (Wildman–Crippen LogP) is 6.36. The first-order chi connectivity index (χ1) is 17.4. The molecule has 4 rings (SSSR count). The molecule has 1 atom stereocenters. The van der Waals surface area contributed by atoms with E-state index in [0.29, 0.717) is 17.7 Å². The molecule has 2 N–H and O–H groups in total. The number of nitrogens with one attached hydrogen (secondary N) is 1. The number of hydrogen-bond acceptors (Lipinski definition) is 4. The molecule has 1 amide bonds. The number of fused-ring (bicyclic) bond motifs is 1. The molecule has 3 aromatic carbocycles. The lowest BCUT2D eigenvalue weighted by Gasteiger charge is -2.21. The Labute approximate surface area is 218 Å². The molecular formula is C29H27BrN2O4. The standard InChI is InChI=1S/C29H27BrN2O4/c1-18-27(23-16-21(30)13-14-24(23)32-28(18)19-8-4-3-5-9-19)29(35)31-17-20(12-15-26(33)34)22-10-6-7-11-25(22)36-2/h3-11,13-14,16,20H,12,15,17H2,1-2H3,(H,31,35)(H,33,34). The zero-order valence-electron chi connectivity index (χ0n) is 20.1. The highest BCUT2D eigenvalue weighted by Crippen LogP contribution is 2.32. The van der Waals surface area contributed by atoms with Crippen LogP contribution in [0.4, 0.5) is 0 Å². The van der Waals surface area contributed by atoms with Gasteiger partial charge in [0, 0.05) is 34.3 Å². The number of pyridine rings is 1. The van der Waals surface area contributed by atoms with Crippen molar-refractivity contribution in [2.45, 2.75) is 25.7 Å². The largest absolute Gasteiger partial charge is 0.496 e. The number of para-hydroxylation sites is 1. The second-order valence-corrected chi connectivity index (χ2v) is 9.48. The molecule has 1 aromatic heterocycles. The molecule has 0 fully saturated rings. The van der Waals surface area contributed by atoms with Gasteiger partial charge in [-0.25, -0.2) is 4.98 Å². The van der Waals surface area contributed by atoms with Crippen molar-refractivity contribution in [3.8, 4) is 17.0 Å². The van der Waals surface area contributed by atoms with Gasteiger partial charge in [0.25, 0.3) is 5.91 Å². The third-order valence-corrected chi connectivity index (χ3v) is 6.75. The van der Waals surface area contributed by atoms with Crippen molar-refractivity contribution in [3.63, 3.8) is 0 Å². The lowest BCUT2D eigenvalue weighted by molar-refractivity contribution is -0.137. The van der Waals surface area contributed by atoms with Crippen LogP contribution in [0.25, 0.3) is 22.2 Å². The van der Waals surface area contributed by atoms with E-state index in [1.54, 1.807) is 7.11 Å². The maximum Gasteiger partial charge on any atom is 0.303 e. The highest BCUT2D eigenvalue weighted by molar-refractivity contribution is 9.10. The minimum Gasteiger partial charge on any atom is -0.496 e. The quantitative estimate of drug-likeness (QED) is 0.255. The number of carboxylic acid groups (broad SMARTS) is 1. The van der Waals surface area contributed by atoms with E-state index >= 15 is 0 Å². The molecule has 4 aromatic rings. The summed E-state index contributed by atoms with van der Waals surface area (Å²) in [4.78, 5) is 29.9. The minimum absolute atomic E-state index is 0.0130. The Balaban J connectivity index is 1.72. The first-order valence-electron chi connectivity index (χ1n) is 11.7. The molecule has 0 aliphatic heterocycles. The zero-order valence-corrected chi connectivity index (χ0v) is 21.7. The van der Waals surface area contributed by atoms with Gasteiger partial charge in [0.2, 0.25) is 0 Å². The van der Waals surface area contributed by atoms with Crippen LogP contribution in [0, 0.1) is 6.92 Å². The van der Waals surface area contributed by atoms with Gasteiger partial charge in [0.05, 0.1) is 23.9 Å². The summed E-state index contributed by atoms with van der Waals surface area (Å²) in [7, 11) is 1.58. The van der Waals surface area contributed by atoms with Crippen molar-refractivity contribution in [2.75, 3.05) is 13.7 Å². The summed E-state index contributed by atoms with van der Waals surface area (Å²) in [5.41, 5.74) is 4.61. The van der Waals surface area contributed by atoms with E-state index in [1.165, 1.54) is 0 Å². The van der Waals surface area contributed by atoms with E-state index in [2.05, 4.69) is 21.2 Å². The number of aromatic nitrogens is 1. The Morgan fingerprint density at radius 3 is 2.50 bits per heavy atom. The molecule has 1 unspecified atom stereocenters. The van der Waals surface area contributed by atoms with Crippen molar-refractivity contribution in [3.05, 3.63) is 94.0 Å². The van der Waals surface area contributed by atoms with Gasteiger partial charge >= 0.3 is 5.97 Å². The molecule has 0 aliphatic rings. The van der Waals surface area contributed by atoms with Crippen molar-refractivity contribution >= 4 is 38.7 Å². The van der Waals surface area contributed by atoms with Crippen LogP contribution in [0.5, 0.6) is 5.75 Å². The van der Waals surface area contributed by atoms with Gasteiger partial charge in [-0.15, -0.1) is 0 Å². The highest BCUT2D eigenvalue weighted by atomic mass is 79.9. The first kappa shape index (κ1) is 25.4. The summed E-state index contributed by atoms with van der Waals surface area (Å²) in [5, 5.41) is 13.1. The Hall–Kier alpha value is -3.71. The van der Waals surface area contributed by atoms with Crippen LogP contribution in [0.3, 0.4) is 0 Å². The van der Waals surface area contributed by atoms with Crippen LogP contribution < -0.4 is 10.1 Å². The van der Waals surface area contributed by atoms with Crippen LogP contribution >= 0.6 is 15.9 Å². The smallest absolute Gasteiger partial charge is 0.303 e. The second kappa shape index (κ2) is 11.4. The van der Waals surface area contributed by atoms with E-state index in [1.807, 2.05) is 79.7 Å². The zero-order chi connectivity index (χ0) is 25.7. The number of hydrogen-bond donors (Lipinski definition) is 2. The summed E-state index contributed by atoms with van der Waals surface area (Å²) in [6.45, 7) is 2.18. The Kier molecular flexibility index (Phi) is 8.00. The number of carboxylic acids is 1. The normalized spacial score (nSPS) is 11.8. The maximum atomic E-state index is 13.7. The van der Waals surface area contributed by atoms with Crippen molar-refractivity contribution in [1.29, 1.82) is 0 Å². The molecule has 0 saturated carbocycles. The van der Waals surface area contributed by atoms with Gasteiger partial charge in [-0.1, -0.05) is 64.5 Å². The lowest BCUT2D eigenvalue weighted by Crippen LogP contribution is -2.30. The third kappa shape index (κ3) is 5.57. The number of rotatable bonds is 9. The molecule has 0 aliphatic carbocycles. The topological polar surface area (TPSA) is 88.5 Å². The summed E-state index contributed by atoms with van der Waals surface area (Å²) in [6.07, 6.45) is 0.355. The SMILES string of the molecule is COc1ccccc1C(CCC(=O)O)CNC(=O)c1c(C)c(-c2ccccc2)nc2ccc(Br)cc12. The predicted molar refractivity (Wildman–Crippen MR) is 145 cm³/mol. The minimum atomic E-state index is -0.880. The van der Waals surface area contributed by atoms with E-state index < -0.39 is 5.97 Å². The molecule has 0 spiro atoms. The number of carbonyl (C=O) groups is 2. The van der Waals surface area contributed by atoms with Crippen LogP contribution in [0.1, 0.15) is 40.2 Å². The first-order valence-corrected chi connectivity index (χ1v) is 12.5. The highest BCUT2D eigenvalue weighted by Gasteiger charge is 2.22. The van der Waals surface area contributed by atoms with E-state index in [-0.39, 0.29) is 24.8 Å². The molecule has 184 valence electrons. The van der Waals surface area contributed by atoms with E-state index in [0.717, 1.165) is 37.8 Å². The fraction of sp³-hybridized carbons (Fsp3) is 0.207. The summed E-state index contributed by atoms with van der Waals surface area (Å²) >= 11 is 3.52. The molecule has 1 heterocycles. The van der Waals surface area contributed by atoms with Gasteiger partial charge in [-0.2, -0.15) is 0 Å². The van der Waals surface area contributed by atoms with Gasteiger partial charge < -0.3 is 15.2 Å². The summed E-state index contributed by atoms with van der Waals surface area (Å²) in [5.74, 6) is -0.669. The molecule has 0 radical (unpaired) electrons. The number of aliphatic carboxylic acids is 1. The Bertz CT molecular complexity index is 1410. The molecule has 0 bridgehead atoms. The number of benzene rings is 3. The molecule has 6 nitrogen and oxygen atoms in total. The van der Waals surface area contributed by atoms with Crippen molar-refractivity contribution in [2.24, 2.45) is 0 Å². The lowest BCUT2D eigenvalue weighted by atomic mass is 9.92. The van der Waals surface area contributed by atoms with Gasteiger partial charge in [-0.3, -0.25) is 9.59 Å². The van der Waals surface area contributed by atoms with Crippen LogP contribution in [-0.4, -0.2) is 35.6 Å². The fourth-order valence-electron chi connectivity index (χ4n) is 4.47. The third-order valence-electron chi connectivity index (χ3n) is 6.26. The van der Waals surface area contributed by atoms with Gasteiger partial charge in [0.1, 0.15) is 5.75 Å². The van der Waals surface area contributed by atoms with Crippen LogP contribution in [0.15, 0.2) is 77.3 Å². The number of methoxy groups -OCH3 is 1. The number of nitrogens with zero attached hydrogens (tertiary/aromatic N) is 1. The number of ether oxygens (including phenoxy) is 1. The molecule has 7 heteroatoms. The van der Waals surface area contributed by atoms with Crippen molar-refractivity contribution < 1.29 is 19.4 Å². The average Bonchev–Trinajstić information content (AvgIpc) is 2.88. The molecule has 0 saturated heterocycles. The van der Waals surface area contributed by atoms with Crippen LogP contribution in [0.2, 0.25) is 0 Å². The second-order valence-electron chi connectivity index (χ2n) is 8.57. The van der Waals surface area contributed by atoms with Crippen LogP contribution in [-0.2, 0) is 4.79 Å². The molecular weight excluding hydrogens is 520 g/mol. The monoisotopic (exact) mass is 546 g/mol. The van der Waals surface area contributed by atoms with E-state index in [9.17, 15) is 14.7 Å². The van der Waals surface area contributed by atoms with Gasteiger partial charge in [-0.05, 0) is 48.7 Å². The number of carbonyl (C=O) groups excluding carboxylic acids is 1. The number of amides is 1. The Morgan fingerprint density at radius 2 is 1.78 bits per heavy atom. The van der Waals surface area contributed by atoms with Gasteiger partial charge in [0.15, 0.2) is 0 Å². The Morgan fingerprint density at radius 1 is 1.06 bits per heavy atom. The maximum absolute atomic E-state index is 13.7. The molecule has 36 heavy (non-hydrogen) atoms. The fourth-order valence-corrected chi connectivity index (χ4v) is 4.83. The number of halogens is 1. The summed E-state index contributed by atoms with van der Waals surface area (Å²) in [6, 6.07) is 23.0. The van der Waals surface area contributed by atoms with E-state index in [4.69, 9.17) is 9.72 Å².